The van der Waals surface area contributed by atoms with Crippen LogP contribution in [0.15, 0.2) is 46.9 Å². The van der Waals surface area contributed by atoms with Gasteiger partial charge in [0.1, 0.15) is 11.6 Å². The van der Waals surface area contributed by atoms with Gasteiger partial charge in [-0.25, -0.2) is 8.78 Å². The highest BCUT2D eigenvalue weighted by atomic mass is 79.9. The van der Waals surface area contributed by atoms with Gasteiger partial charge in [0.2, 0.25) is 0 Å². The summed E-state index contributed by atoms with van der Waals surface area (Å²) in [7, 11) is 0. The van der Waals surface area contributed by atoms with Crippen LogP contribution in [0.2, 0.25) is 0 Å². The Labute approximate surface area is 117 Å². The van der Waals surface area contributed by atoms with Crippen molar-refractivity contribution >= 4 is 21.8 Å². The number of hydrogen-bond acceptors (Lipinski definition) is 1. The summed E-state index contributed by atoms with van der Waals surface area (Å²) >= 11 is 3.01. The van der Waals surface area contributed by atoms with Gasteiger partial charge < -0.3 is 5.32 Å². The molecule has 0 heterocycles. The molecule has 2 nitrogen and oxygen atoms in total. The quantitative estimate of drug-likeness (QED) is 0.916. The molecule has 1 N–H and O–H groups in total. The van der Waals surface area contributed by atoms with Crippen LogP contribution >= 0.6 is 15.9 Å². The van der Waals surface area contributed by atoms with Crippen LogP contribution in [0.1, 0.15) is 15.9 Å². The maximum atomic E-state index is 13.3. The van der Waals surface area contributed by atoms with Crippen LogP contribution in [-0.4, -0.2) is 5.91 Å². The topological polar surface area (TPSA) is 29.1 Å². The smallest absolute Gasteiger partial charge is 0.251 e. The first kappa shape index (κ1) is 13.7. The summed E-state index contributed by atoms with van der Waals surface area (Å²) in [6.45, 7) is 0.0587. The second-order valence-electron chi connectivity index (χ2n) is 3.90. The summed E-state index contributed by atoms with van der Waals surface area (Å²) in [6.07, 6.45) is 0. The van der Waals surface area contributed by atoms with Crippen molar-refractivity contribution in [1.29, 1.82) is 0 Å². The van der Waals surface area contributed by atoms with Crippen LogP contribution in [0.4, 0.5) is 8.78 Å². The van der Waals surface area contributed by atoms with E-state index in [1.54, 1.807) is 18.2 Å². The van der Waals surface area contributed by atoms with Gasteiger partial charge in [0.25, 0.3) is 5.91 Å². The van der Waals surface area contributed by atoms with Crippen molar-refractivity contribution in [2.45, 2.75) is 6.54 Å². The molecule has 5 heteroatoms. The maximum Gasteiger partial charge on any atom is 0.251 e. The summed E-state index contributed by atoms with van der Waals surface area (Å²) in [5.41, 5.74) is 0.575. The second kappa shape index (κ2) is 5.93. The van der Waals surface area contributed by atoms with Crippen LogP contribution in [0.25, 0.3) is 0 Å². The van der Waals surface area contributed by atoms with Crippen LogP contribution in [0.3, 0.4) is 0 Å². The lowest BCUT2D eigenvalue weighted by Gasteiger charge is -2.06. The molecule has 98 valence electrons. The summed E-state index contributed by atoms with van der Waals surface area (Å²) in [6, 6.07) is 10.2. The standard InChI is InChI=1S/C14H10BrF2NO/c15-11-6-5-9(7-13(11)17)14(19)18-8-10-3-1-2-4-12(10)16/h1-7H,8H2,(H,18,19). The molecule has 0 aromatic heterocycles. The molecule has 0 aliphatic rings. The van der Waals surface area contributed by atoms with Gasteiger partial charge in [-0.15, -0.1) is 0 Å². The Balaban J connectivity index is 2.05. The minimum Gasteiger partial charge on any atom is -0.348 e. The molecule has 2 aromatic carbocycles. The highest BCUT2D eigenvalue weighted by Gasteiger charge is 2.09. The van der Waals surface area contributed by atoms with Crippen molar-refractivity contribution in [2.24, 2.45) is 0 Å². The molecular formula is C14H10BrF2NO. The Morgan fingerprint density at radius 3 is 2.53 bits per heavy atom. The SMILES string of the molecule is O=C(NCc1ccccc1F)c1ccc(Br)c(F)c1. The predicted octanol–water partition coefficient (Wildman–Crippen LogP) is 3.66. The van der Waals surface area contributed by atoms with Crippen molar-refractivity contribution in [3.8, 4) is 0 Å². The Morgan fingerprint density at radius 2 is 1.84 bits per heavy atom. The van der Waals surface area contributed by atoms with Gasteiger partial charge >= 0.3 is 0 Å². The molecule has 0 aliphatic carbocycles. The predicted molar refractivity (Wildman–Crippen MR) is 71.7 cm³/mol. The monoisotopic (exact) mass is 325 g/mol. The first-order valence-electron chi connectivity index (χ1n) is 5.54. The average Bonchev–Trinajstić information content (AvgIpc) is 2.40. The van der Waals surface area contributed by atoms with E-state index < -0.39 is 11.7 Å². The summed E-state index contributed by atoms with van der Waals surface area (Å²) in [5, 5.41) is 2.54. The van der Waals surface area contributed by atoms with Gasteiger partial charge in [-0.05, 0) is 40.2 Å². The first-order chi connectivity index (χ1) is 9.08. The van der Waals surface area contributed by atoms with Crippen molar-refractivity contribution < 1.29 is 13.6 Å². The highest BCUT2D eigenvalue weighted by Crippen LogP contribution is 2.16. The molecule has 2 aromatic rings. The molecule has 0 bridgehead atoms. The van der Waals surface area contributed by atoms with Gasteiger partial charge in [-0.1, -0.05) is 18.2 Å². The Hall–Kier alpha value is -1.75. The molecule has 1 amide bonds. The molecule has 0 radical (unpaired) electrons. The molecule has 0 atom stereocenters. The van der Waals surface area contributed by atoms with E-state index in [0.717, 1.165) is 6.07 Å². The number of amides is 1. The highest BCUT2D eigenvalue weighted by molar-refractivity contribution is 9.10. The van der Waals surface area contributed by atoms with E-state index >= 15 is 0 Å². The number of carbonyl (C=O) groups is 1. The molecule has 0 unspecified atom stereocenters. The second-order valence-corrected chi connectivity index (χ2v) is 4.76. The van der Waals surface area contributed by atoms with Crippen molar-refractivity contribution in [2.75, 3.05) is 0 Å². The average molecular weight is 326 g/mol. The maximum absolute atomic E-state index is 13.3. The van der Waals surface area contributed by atoms with E-state index in [1.807, 2.05) is 0 Å². The number of hydrogen-bond donors (Lipinski definition) is 1. The van der Waals surface area contributed by atoms with Gasteiger partial charge in [0.15, 0.2) is 0 Å². The van der Waals surface area contributed by atoms with Gasteiger partial charge in [-0.2, -0.15) is 0 Å². The molecule has 0 saturated carbocycles. The Kier molecular flexibility index (Phi) is 4.27. The zero-order valence-electron chi connectivity index (χ0n) is 9.79. The minimum atomic E-state index is -0.515. The number of rotatable bonds is 3. The van der Waals surface area contributed by atoms with Crippen LogP contribution in [0, 0.1) is 11.6 Å². The molecule has 19 heavy (non-hydrogen) atoms. The normalized spacial score (nSPS) is 10.3. The van der Waals surface area contributed by atoms with Gasteiger partial charge in [-0.3, -0.25) is 4.79 Å². The van der Waals surface area contributed by atoms with Crippen molar-refractivity contribution in [1.82, 2.24) is 5.32 Å². The zero-order chi connectivity index (χ0) is 13.8. The fraction of sp³-hybridized carbons (Fsp3) is 0.0714. The zero-order valence-corrected chi connectivity index (χ0v) is 11.4. The van der Waals surface area contributed by atoms with E-state index in [4.69, 9.17) is 0 Å². The van der Waals surface area contributed by atoms with E-state index in [2.05, 4.69) is 21.2 Å². The first-order valence-corrected chi connectivity index (χ1v) is 6.34. The molecule has 0 saturated heterocycles. The number of halogens is 3. The number of benzene rings is 2. The largest absolute Gasteiger partial charge is 0.348 e. The fourth-order valence-corrected chi connectivity index (χ4v) is 1.80. The lowest BCUT2D eigenvalue weighted by Crippen LogP contribution is -2.23. The summed E-state index contributed by atoms with van der Waals surface area (Å²) in [5.74, 6) is -1.35. The third-order valence-corrected chi connectivity index (χ3v) is 3.22. The lowest BCUT2D eigenvalue weighted by atomic mass is 10.2. The van der Waals surface area contributed by atoms with Crippen LogP contribution in [0.5, 0.6) is 0 Å². The van der Waals surface area contributed by atoms with E-state index in [-0.39, 0.29) is 22.4 Å². The fourth-order valence-electron chi connectivity index (χ4n) is 1.56. The minimum absolute atomic E-state index is 0.0587. The van der Waals surface area contributed by atoms with Gasteiger partial charge in [0, 0.05) is 17.7 Å². The summed E-state index contributed by atoms with van der Waals surface area (Å²) in [4.78, 5) is 11.8. The molecule has 2 rings (SSSR count). The van der Waals surface area contributed by atoms with Gasteiger partial charge in [0.05, 0.1) is 4.47 Å². The number of nitrogens with one attached hydrogen (secondary N) is 1. The van der Waals surface area contributed by atoms with E-state index in [0.29, 0.717) is 5.56 Å². The number of carbonyl (C=O) groups excluding carboxylic acids is 1. The Morgan fingerprint density at radius 1 is 1.11 bits per heavy atom. The third kappa shape index (κ3) is 3.38. The van der Waals surface area contributed by atoms with E-state index in [1.165, 1.54) is 18.2 Å². The molecule has 0 aliphatic heterocycles. The van der Waals surface area contributed by atoms with E-state index in [9.17, 15) is 13.6 Å². The van der Waals surface area contributed by atoms with Crippen LogP contribution in [-0.2, 0) is 6.54 Å². The van der Waals surface area contributed by atoms with Crippen LogP contribution < -0.4 is 5.32 Å². The third-order valence-electron chi connectivity index (χ3n) is 2.58. The van der Waals surface area contributed by atoms with Crippen molar-refractivity contribution in [3.05, 3.63) is 69.7 Å². The molecule has 0 fully saturated rings. The Bertz CT molecular complexity index is 616. The molecule has 0 spiro atoms. The van der Waals surface area contributed by atoms with Crippen molar-refractivity contribution in [3.63, 3.8) is 0 Å². The summed E-state index contributed by atoms with van der Waals surface area (Å²) < 4.78 is 26.9. The lowest BCUT2D eigenvalue weighted by molar-refractivity contribution is 0.0950. The molecular weight excluding hydrogens is 316 g/mol.